The van der Waals surface area contributed by atoms with E-state index in [4.69, 9.17) is 0 Å². The number of halogens is 2. The smallest absolute Gasteiger partial charge is 0.258 e. The molecule has 82 valence electrons. The van der Waals surface area contributed by atoms with E-state index >= 15 is 0 Å². The first-order valence-corrected chi connectivity index (χ1v) is 4.50. The van der Waals surface area contributed by atoms with Crippen molar-refractivity contribution in [2.24, 2.45) is 5.92 Å². The summed E-state index contributed by atoms with van der Waals surface area (Å²) in [6.07, 6.45) is -1.42. The standard InChI is InChI=1S/C10H11F2NO2/c1-7(6-11)10(12)8-2-4-9(5-3-8)13(14)15/h2-5,7,10H,6H2,1H3/t7-,10?/m1/s1. The fourth-order valence-electron chi connectivity index (χ4n) is 1.19. The summed E-state index contributed by atoms with van der Waals surface area (Å²) in [4.78, 5) is 9.76. The van der Waals surface area contributed by atoms with Crippen LogP contribution < -0.4 is 0 Å². The molecule has 0 aliphatic carbocycles. The van der Waals surface area contributed by atoms with Crippen LogP contribution in [0.4, 0.5) is 14.5 Å². The predicted octanol–water partition coefficient (Wildman–Crippen LogP) is 3.21. The van der Waals surface area contributed by atoms with Gasteiger partial charge < -0.3 is 0 Å². The minimum atomic E-state index is -1.42. The third kappa shape index (κ3) is 2.71. The quantitative estimate of drug-likeness (QED) is 0.571. The lowest BCUT2D eigenvalue weighted by Crippen LogP contribution is -2.06. The van der Waals surface area contributed by atoms with Gasteiger partial charge in [0.15, 0.2) is 0 Å². The number of hydrogen-bond acceptors (Lipinski definition) is 2. The highest BCUT2D eigenvalue weighted by atomic mass is 19.1. The number of alkyl halides is 2. The molecule has 0 saturated carbocycles. The van der Waals surface area contributed by atoms with E-state index in [-0.39, 0.29) is 11.3 Å². The fraction of sp³-hybridized carbons (Fsp3) is 0.400. The van der Waals surface area contributed by atoms with Gasteiger partial charge in [-0.2, -0.15) is 0 Å². The van der Waals surface area contributed by atoms with Gasteiger partial charge in [-0.15, -0.1) is 0 Å². The molecule has 3 nitrogen and oxygen atoms in total. The van der Waals surface area contributed by atoms with Gasteiger partial charge in [0.05, 0.1) is 11.6 Å². The van der Waals surface area contributed by atoms with Gasteiger partial charge in [-0.25, -0.2) is 4.39 Å². The second-order valence-electron chi connectivity index (χ2n) is 3.38. The molecule has 1 aromatic rings. The zero-order chi connectivity index (χ0) is 11.4. The summed E-state index contributed by atoms with van der Waals surface area (Å²) in [5, 5.41) is 10.3. The molecule has 0 bridgehead atoms. The Hall–Kier alpha value is -1.52. The number of rotatable bonds is 4. The Labute approximate surface area is 85.9 Å². The highest BCUT2D eigenvalue weighted by Crippen LogP contribution is 2.27. The van der Waals surface area contributed by atoms with Crippen LogP contribution >= 0.6 is 0 Å². The maximum atomic E-state index is 13.5. The summed E-state index contributed by atoms with van der Waals surface area (Å²) in [7, 11) is 0. The van der Waals surface area contributed by atoms with Gasteiger partial charge in [-0.1, -0.05) is 6.92 Å². The predicted molar refractivity (Wildman–Crippen MR) is 52.1 cm³/mol. The van der Waals surface area contributed by atoms with E-state index in [1.165, 1.54) is 31.2 Å². The van der Waals surface area contributed by atoms with Crippen molar-refractivity contribution in [3.63, 3.8) is 0 Å². The van der Waals surface area contributed by atoms with Crippen molar-refractivity contribution in [1.29, 1.82) is 0 Å². The summed E-state index contributed by atoms with van der Waals surface area (Å²) in [5.41, 5.74) is 0.171. The SMILES string of the molecule is C[C@H](CF)C(F)c1ccc([N+](=O)[O-])cc1. The largest absolute Gasteiger partial charge is 0.269 e. The first kappa shape index (κ1) is 11.6. The molecule has 0 heterocycles. The van der Waals surface area contributed by atoms with Crippen molar-refractivity contribution < 1.29 is 13.7 Å². The van der Waals surface area contributed by atoms with E-state index in [0.29, 0.717) is 0 Å². The molecule has 0 aliphatic rings. The monoisotopic (exact) mass is 215 g/mol. The van der Waals surface area contributed by atoms with Crippen LogP contribution in [-0.4, -0.2) is 11.6 Å². The number of nitro benzene ring substituents is 1. The third-order valence-corrected chi connectivity index (χ3v) is 2.17. The van der Waals surface area contributed by atoms with Crippen LogP contribution in [-0.2, 0) is 0 Å². The van der Waals surface area contributed by atoms with Crippen LogP contribution in [0, 0.1) is 16.0 Å². The first-order chi connectivity index (χ1) is 7.06. The van der Waals surface area contributed by atoms with E-state index in [1.54, 1.807) is 0 Å². The normalized spacial score (nSPS) is 14.6. The Morgan fingerprint density at radius 3 is 2.33 bits per heavy atom. The van der Waals surface area contributed by atoms with Crippen LogP contribution in [0.3, 0.4) is 0 Å². The number of benzene rings is 1. The lowest BCUT2D eigenvalue weighted by Gasteiger charge is -2.12. The molecule has 0 saturated heterocycles. The zero-order valence-corrected chi connectivity index (χ0v) is 8.19. The summed E-state index contributed by atoms with van der Waals surface area (Å²) in [5.74, 6) is -0.730. The maximum absolute atomic E-state index is 13.5. The van der Waals surface area contributed by atoms with Crippen molar-refractivity contribution in [1.82, 2.24) is 0 Å². The van der Waals surface area contributed by atoms with E-state index in [9.17, 15) is 18.9 Å². The molecular weight excluding hydrogens is 204 g/mol. The first-order valence-electron chi connectivity index (χ1n) is 4.50. The summed E-state index contributed by atoms with van der Waals surface area (Å²) in [6.45, 7) is 0.699. The highest BCUT2D eigenvalue weighted by Gasteiger charge is 2.18. The molecule has 0 fully saturated rings. The van der Waals surface area contributed by atoms with Gasteiger partial charge in [0.1, 0.15) is 6.17 Å². The van der Waals surface area contributed by atoms with Gasteiger partial charge in [0.25, 0.3) is 5.69 Å². The lowest BCUT2D eigenvalue weighted by atomic mass is 10.00. The minimum Gasteiger partial charge on any atom is -0.258 e. The van der Waals surface area contributed by atoms with Gasteiger partial charge in [0.2, 0.25) is 0 Å². The summed E-state index contributed by atoms with van der Waals surface area (Å²) >= 11 is 0. The minimum absolute atomic E-state index is 0.0983. The fourth-order valence-corrected chi connectivity index (χ4v) is 1.19. The molecule has 15 heavy (non-hydrogen) atoms. The van der Waals surface area contributed by atoms with Crippen molar-refractivity contribution in [2.75, 3.05) is 6.67 Å². The number of nitro groups is 1. The van der Waals surface area contributed by atoms with Crippen LogP contribution in [0.15, 0.2) is 24.3 Å². The zero-order valence-electron chi connectivity index (χ0n) is 8.19. The number of nitrogens with zero attached hydrogens (tertiary/aromatic N) is 1. The van der Waals surface area contributed by atoms with Crippen molar-refractivity contribution in [2.45, 2.75) is 13.1 Å². The molecule has 0 aromatic heterocycles. The number of hydrogen-bond donors (Lipinski definition) is 0. The molecule has 5 heteroatoms. The topological polar surface area (TPSA) is 43.1 Å². The summed E-state index contributed by atoms with van der Waals surface area (Å²) in [6, 6.07) is 5.06. The van der Waals surface area contributed by atoms with E-state index in [0.717, 1.165) is 0 Å². The second-order valence-corrected chi connectivity index (χ2v) is 3.38. The molecule has 2 atom stereocenters. The van der Waals surface area contributed by atoms with Gasteiger partial charge in [-0.05, 0) is 17.7 Å². The number of non-ortho nitro benzene ring substituents is 1. The van der Waals surface area contributed by atoms with Crippen LogP contribution in [0.25, 0.3) is 0 Å². The van der Waals surface area contributed by atoms with Gasteiger partial charge >= 0.3 is 0 Å². The van der Waals surface area contributed by atoms with E-state index in [2.05, 4.69) is 0 Å². The van der Waals surface area contributed by atoms with Gasteiger partial charge in [-0.3, -0.25) is 14.5 Å². The van der Waals surface area contributed by atoms with Gasteiger partial charge in [0, 0.05) is 18.1 Å². The van der Waals surface area contributed by atoms with Crippen LogP contribution in [0.1, 0.15) is 18.7 Å². The van der Waals surface area contributed by atoms with Crippen molar-refractivity contribution >= 4 is 5.69 Å². The van der Waals surface area contributed by atoms with E-state index < -0.39 is 23.7 Å². The molecule has 1 rings (SSSR count). The molecule has 0 spiro atoms. The molecular formula is C10H11F2NO2. The molecule has 1 unspecified atom stereocenters. The summed E-state index contributed by atoms with van der Waals surface area (Å²) < 4.78 is 25.6. The molecule has 0 N–H and O–H groups in total. The molecule has 1 aromatic carbocycles. The molecule has 0 aliphatic heterocycles. The second kappa shape index (κ2) is 4.82. The Kier molecular flexibility index (Phi) is 3.71. The Bertz CT molecular complexity index is 340. The highest BCUT2D eigenvalue weighted by molar-refractivity contribution is 5.33. The van der Waals surface area contributed by atoms with E-state index in [1.807, 2.05) is 0 Å². The average molecular weight is 215 g/mol. The Morgan fingerprint density at radius 2 is 1.93 bits per heavy atom. The molecule has 0 amide bonds. The van der Waals surface area contributed by atoms with Crippen LogP contribution in [0.5, 0.6) is 0 Å². The third-order valence-electron chi connectivity index (χ3n) is 2.17. The van der Waals surface area contributed by atoms with Crippen molar-refractivity contribution in [3.8, 4) is 0 Å². The maximum Gasteiger partial charge on any atom is 0.269 e. The van der Waals surface area contributed by atoms with Crippen molar-refractivity contribution in [3.05, 3.63) is 39.9 Å². The Balaban J connectivity index is 2.84. The van der Waals surface area contributed by atoms with Crippen LogP contribution in [0.2, 0.25) is 0 Å². The Morgan fingerprint density at radius 1 is 1.40 bits per heavy atom. The lowest BCUT2D eigenvalue weighted by molar-refractivity contribution is -0.384. The average Bonchev–Trinajstić information content (AvgIpc) is 2.27. The molecule has 0 radical (unpaired) electrons.